The molecule has 0 radical (unpaired) electrons. The molecule has 2 N–H and O–H groups in total. The van der Waals surface area contributed by atoms with E-state index in [0.717, 1.165) is 24.8 Å². The van der Waals surface area contributed by atoms with Gasteiger partial charge < -0.3 is 5.11 Å². The average Bonchev–Trinajstić information content (AvgIpc) is 2.74. The van der Waals surface area contributed by atoms with E-state index in [1.807, 2.05) is 6.07 Å². The second-order valence-corrected chi connectivity index (χ2v) is 6.18. The molecular weight excluding hydrogens is 254 g/mol. The minimum absolute atomic E-state index is 0.135. The summed E-state index contributed by atoms with van der Waals surface area (Å²) in [5, 5.41) is 8.72. The molecule has 1 aliphatic carbocycles. The molecule has 98 valence electrons. The first-order valence-electron chi connectivity index (χ1n) is 5.77. The van der Waals surface area contributed by atoms with Crippen LogP contribution in [0.2, 0.25) is 0 Å². The summed E-state index contributed by atoms with van der Waals surface area (Å²) in [4.78, 5) is 10.8. The van der Waals surface area contributed by atoms with Crippen molar-refractivity contribution in [3.8, 4) is 0 Å². The topological polar surface area (TPSA) is 83.5 Å². The third kappa shape index (κ3) is 2.54. The van der Waals surface area contributed by atoms with Crippen LogP contribution in [-0.4, -0.2) is 25.5 Å². The summed E-state index contributed by atoms with van der Waals surface area (Å²) in [5.41, 5.74) is 2.22. The maximum atomic E-state index is 12.0. The van der Waals surface area contributed by atoms with Crippen LogP contribution in [0.1, 0.15) is 24.5 Å². The molecule has 18 heavy (non-hydrogen) atoms. The Labute approximate surface area is 106 Å². The summed E-state index contributed by atoms with van der Waals surface area (Å²) in [6.45, 7) is 1.30. The Bertz CT molecular complexity index is 580. The summed E-state index contributed by atoms with van der Waals surface area (Å²) in [6.07, 6.45) is 2.90. The standard InChI is InChI=1S/C12H15NO4S/c1-8(12(14)15)13-18(16,17)11-6-5-9-3-2-4-10(9)7-11/h5-8,13H,2-4H2,1H3,(H,14,15)/t8-/m1/s1. The highest BCUT2D eigenvalue weighted by atomic mass is 32.2. The molecule has 0 heterocycles. The monoisotopic (exact) mass is 269 g/mol. The molecule has 0 aromatic heterocycles. The second-order valence-electron chi connectivity index (χ2n) is 4.47. The number of carboxylic acids is 1. The number of carboxylic acid groups (broad SMARTS) is 1. The van der Waals surface area contributed by atoms with Crippen LogP contribution in [0.3, 0.4) is 0 Å². The number of carbonyl (C=O) groups is 1. The summed E-state index contributed by atoms with van der Waals surface area (Å²) in [7, 11) is -3.76. The van der Waals surface area contributed by atoms with Gasteiger partial charge in [0, 0.05) is 0 Å². The van der Waals surface area contributed by atoms with Gasteiger partial charge in [0.15, 0.2) is 0 Å². The molecule has 0 fully saturated rings. The molecule has 1 atom stereocenters. The lowest BCUT2D eigenvalue weighted by atomic mass is 10.1. The highest BCUT2D eigenvalue weighted by Crippen LogP contribution is 2.24. The number of fused-ring (bicyclic) bond motifs is 1. The van der Waals surface area contributed by atoms with Crippen LogP contribution in [-0.2, 0) is 27.7 Å². The molecule has 0 saturated carbocycles. The van der Waals surface area contributed by atoms with Crippen LogP contribution < -0.4 is 4.72 Å². The second kappa shape index (κ2) is 4.70. The van der Waals surface area contributed by atoms with Crippen LogP contribution >= 0.6 is 0 Å². The number of benzene rings is 1. The van der Waals surface area contributed by atoms with Crippen LogP contribution in [0.4, 0.5) is 0 Å². The summed E-state index contributed by atoms with van der Waals surface area (Å²) in [5.74, 6) is -1.19. The van der Waals surface area contributed by atoms with E-state index in [9.17, 15) is 13.2 Å². The van der Waals surface area contributed by atoms with E-state index in [1.165, 1.54) is 18.6 Å². The Morgan fingerprint density at radius 1 is 1.33 bits per heavy atom. The van der Waals surface area contributed by atoms with Crippen molar-refractivity contribution in [3.05, 3.63) is 29.3 Å². The van der Waals surface area contributed by atoms with Gasteiger partial charge in [-0.2, -0.15) is 4.72 Å². The predicted molar refractivity (Wildman–Crippen MR) is 65.9 cm³/mol. The zero-order chi connectivity index (χ0) is 13.3. The normalized spacial score (nSPS) is 16.3. The van der Waals surface area contributed by atoms with Crippen LogP contribution in [0.15, 0.2) is 23.1 Å². The van der Waals surface area contributed by atoms with Crippen molar-refractivity contribution in [2.75, 3.05) is 0 Å². The van der Waals surface area contributed by atoms with Crippen molar-refractivity contribution in [2.24, 2.45) is 0 Å². The summed E-state index contributed by atoms with van der Waals surface area (Å²) in [6, 6.07) is 3.84. The van der Waals surface area contributed by atoms with Crippen molar-refractivity contribution in [1.82, 2.24) is 4.72 Å². The third-order valence-electron chi connectivity index (χ3n) is 3.08. The third-order valence-corrected chi connectivity index (χ3v) is 4.62. The molecule has 6 heteroatoms. The Hall–Kier alpha value is -1.40. The van der Waals surface area contributed by atoms with Gasteiger partial charge in [0.05, 0.1) is 4.90 Å². The number of hydrogen-bond acceptors (Lipinski definition) is 3. The first kappa shape index (κ1) is 13.0. The van der Waals surface area contributed by atoms with Gasteiger partial charge in [0.25, 0.3) is 0 Å². The number of nitrogens with one attached hydrogen (secondary N) is 1. The first-order chi connectivity index (χ1) is 8.40. The molecule has 0 aliphatic heterocycles. The van der Waals surface area contributed by atoms with Crippen molar-refractivity contribution in [1.29, 1.82) is 0 Å². The van der Waals surface area contributed by atoms with E-state index in [2.05, 4.69) is 4.72 Å². The van der Waals surface area contributed by atoms with Crippen molar-refractivity contribution < 1.29 is 18.3 Å². The smallest absolute Gasteiger partial charge is 0.321 e. The van der Waals surface area contributed by atoms with Gasteiger partial charge in [-0.25, -0.2) is 8.42 Å². The number of rotatable bonds is 4. The largest absolute Gasteiger partial charge is 0.480 e. The van der Waals surface area contributed by atoms with E-state index in [-0.39, 0.29) is 4.90 Å². The zero-order valence-corrected chi connectivity index (χ0v) is 10.8. The molecule has 0 spiro atoms. The highest BCUT2D eigenvalue weighted by Gasteiger charge is 2.23. The molecule has 0 unspecified atom stereocenters. The fourth-order valence-electron chi connectivity index (χ4n) is 2.07. The zero-order valence-electron chi connectivity index (χ0n) is 10.0. The maximum Gasteiger partial charge on any atom is 0.321 e. The van der Waals surface area contributed by atoms with Crippen molar-refractivity contribution in [3.63, 3.8) is 0 Å². The molecule has 0 saturated heterocycles. The molecule has 1 aromatic rings. The van der Waals surface area contributed by atoms with Crippen LogP contribution in [0, 0.1) is 0 Å². The van der Waals surface area contributed by atoms with Gasteiger partial charge in [-0.3, -0.25) is 4.79 Å². The Morgan fingerprint density at radius 3 is 2.67 bits per heavy atom. The lowest BCUT2D eigenvalue weighted by molar-refractivity contribution is -0.138. The molecule has 1 aromatic carbocycles. The number of aryl methyl sites for hydroxylation is 2. The Balaban J connectivity index is 2.28. The molecule has 2 rings (SSSR count). The van der Waals surface area contributed by atoms with E-state index >= 15 is 0 Å². The molecule has 0 amide bonds. The van der Waals surface area contributed by atoms with E-state index in [4.69, 9.17) is 5.11 Å². The summed E-state index contributed by atoms with van der Waals surface area (Å²) < 4.78 is 26.1. The van der Waals surface area contributed by atoms with Crippen LogP contribution in [0.25, 0.3) is 0 Å². The van der Waals surface area contributed by atoms with Crippen molar-refractivity contribution >= 4 is 16.0 Å². The minimum atomic E-state index is -3.76. The van der Waals surface area contributed by atoms with Gasteiger partial charge in [-0.05, 0) is 49.4 Å². The Kier molecular flexibility index (Phi) is 3.41. The molecule has 0 bridgehead atoms. The fraction of sp³-hybridized carbons (Fsp3) is 0.417. The highest BCUT2D eigenvalue weighted by molar-refractivity contribution is 7.89. The quantitative estimate of drug-likeness (QED) is 0.851. The number of hydrogen-bond donors (Lipinski definition) is 2. The number of aliphatic carboxylic acids is 1. The lowest BCUT2D eigenvalue weighted by Gasteiger charge is -2.11. The van der Waals surface area contributed by atoms with Gasteiger partial charge >= 0.3 is 5.97 Å². The van der Waals surface area contributed by atoms with Crippen molar-refractivity contribution in [2.45, 2.75) is 37.1 Å². The SMILES string of the molecule is C[C@@H](NS(=O)(=O)c1ccc2c(c1)CCC2)C(=O)O. The first-order valence-corrected chi connectivity index (χ1v) is 7.25. The molecular formula is C12H15NO4S. The maximum absolute atomic E-state index is 12.0. The van der Waals surface area contributed by atoms with Gasteiger partial charge in [-0.1, -0.05) is 6.07 Å². The summed E-state index contributed by atoms with van der Waals surface area (Å²) >= 11 is 0. The minimum Gasteiger partial charge on any atom is -0.480 e. The van der Waals surface area contributed by atoms with E-state index in [0.29, 0.717) is 0 Å². The average molecular weight is 269 g/mol. The van der Waals surface area contributed by atoms with Gasteiger partial charge in [0.1, 0.15) is 6.04 Å². The predicted octanol–water partition coefficient (Wildman–Crippen LogP) is 0.927. The molecule has 1 aliphatic rings. The van der Waals surface area contributed by atoms with E-state index < -0.39 is 22.0 Å². The fourth-order valence-corrected chi connectivity index (χ4v) is 3.31. The number of sulfonamides is 1. The Morgan fingerprint density at radius 2 is 2.00 bits per heavy atom. The molecule has 5 nitrogen and oxygen atoms in total. The van der Waals surface area contributed by atoms with Gasteiger partial charge in [0.2, 0.25) is 10.0 Å². The van der Waals surface area contributed by atoms with Gasteiger partial charge in [-0.15, -0.1) is 0 Å². The van der Waals surface area contributed by atoms with E-state index in [1.54, 1.807) is 6.07 Å². The van der Waals surface area contributed by atoms with Crippen LogP contribution in [0.5, 0.6) is 0 Å². The lowest BCUT2D eigenvalue weighted by Crippen LogP contribution is -2.38.